The van der Waals surface area contributed by atoms with Gasteiger partial charge in [0.15, 0.2) is 0 Å². The molecule has 0 aliphatic rings. The van der Waals surface area contributed by atoms with Gasteiger partial charge < -0.3 is 5.32 Å². The first-order valence-electron chi connectivity index (χ1n) is 4.64. The molecule has 1 nitrogen and oxygen atoms in total. The molecule has 82 valence electrons. The van der Waals surface area contributed by atoms with Crippen molar-refractivity contribution in [1.29, 1.82) is 0 Å². The molecule has 0 aliphatic heterocycles. The van der Waals surface area contributed by atoms with Gasteiger partial charge in [-0.1, -0.05) is 41.4 Å². The fourth-order valence-electron chi connectivity index (χ4n) is 1.31. The van der Waals surface area contributed by atoms with E-state index >= 15 is 0 Å². The van der Waals surface area contributed by atoms with Gasteiger partial charge in [-0.15, -0.1) is 0 Å². The van der Waals surface area contributed by atoms with Gasteiger partial charge in [-0.05, 0) is 40.2 Å². The van der Waals surface area contributed by atoms with Crippen LogP contribution in [0.25, 0.3) is 0 Å². The van der Waals surface area contributed by atoms with Crippen LogP contribution in [0.3, 0.4) is 0 Å². The molecule has 0 unspecified atom stereocenters. The van der Waals surface area contributed by atoms with Gasteiger partial charge in [-0.25, -0.2) is 0 Å². The Morgan fingerprint density at radius 1 is 0.875 bits per heavy atom. The molecule has 0 fully saturated rings. The predicted octanol–water partition coefficient (Wildman–Crippen LogP) is 5.50. The lowest BCUT2D eigenvalue weighted by Gasteiger charge is -2.11. The molecule has 0 radical (unpaired) electrons. The topological polar surface area (TPSA) is 12.0 Å². The van der Waals surface area contributed by atoms with Gasteiger partial charge in [0, 0.05) is 4.47 Å². The Labute approximate surface area is 113 Å². The maximum Gasteiger partial charge on any atom is 0.0763 e. The average Bonchev–Trinajstić information content (AvgIpc) is 2.26. The number of halogens is 3. The summed E-state index contributed by atoms with van der Waals surface area (Å²) >= 11 is 15.6. The number of para-hydroxylation sites is 2. The summed E-state index contributed by atoms with van der Waals surface area (Å²) < 4.78 is 0.964. The molecule has 0 saturated carbocycles. The highest BCUT2D eigenvalue weighted by Crippen LogP contribution is 2.34. The molecule has 4 heteroatoms. The lowest BCUT2D eigenvalue weighted by molar-refractivity contribution is 1.52. The minimum atomic E-state index is 0.600. The minimum Gasteiger partial charge on any atom is -0.352 e. The van der Waals surface area contributed by atoms with Crippen molar-refractivity contribution in [2.75, 3.05) is 5.32 Å². The predicted molar refractivity (Wildman–Crippen MR) is 73.9 cm³/mol. The largest absolute Gasteiger partial charge is 0.352 e. The molecule has 0 heterocycles. The molecule has 0 bridgehead atoms. The number of anilines is 2. The molecule has 0 aromatic heterocycles. The molecule has 0 aliphatic carbocycles. The van der Waals surface area contributed by atoms with Crippen LogP contribution in [0, 0.1) is 0 Å². The van der Waals surface area contributed by atoms with Crippen LogP contribution in [0.1, 0.15) is 0 Å². The van der Waals surface area contributed by atoms with Crippen LogP contribution in [-0.4, -0.2) is 0 Å². The fourth-order valence-corrected chi connectivity index (χ4v) is 2.19. The van der Waals surface area contributed by atoms with Crippen LogP contribution in [0.5, 0.6) is 0 Å². The highest BCUT2D eigenvalue weighted by atomic mass is 79.9. The third-order valence-corrected chi connectivity index (χ3v) is 3.42. The minimum absolute atomic E-state index is 0.600. The Morgan fingerprint density at radius 3 is 2.12 bits per heavy atom. The van der Waals surface area contributed by atoms with E-state index in [0.29, 0.717) is 10.0 Å². The first-order chi connectivity index (χ1) is 7.68. The lowest BCUT2D eigenvalue weighted by atomic mass is 10.2. The Morgan fingerprint density at radius 2 is 1.50 bits per heavy atom. The van der Waals surface area contributed by atoms with Crippen LogP contribution in [0.2, 0.25) is 10.0 Å². The summed E-state index contributed by atoms with van der Waals surface area (Å²) in [7, 11) is 0. The molecule has 0 atom stereocenters. The maximum absolute atomic E-state index is 6.07. The van der Waals surface area contributed by atoms with Gasteiger partial charge in [-0.3, -0.25) is 0 Å². The van der Waals surface area contributed by atoms with Crippen molar-refractivity contribution in [1.82, 2.24) is 0 Å². The first kappa shape index (κ1) is 11.8. The zero-order valence-electron chi connectivity index (χ0n) is 8.18. The van der Waals surface area contributed by atoms with E-state index in [1.807, 2.05) is 30.3 Å². The van der Waals surface area contributed by atoms with Gasteiger partial charge in [0.2, 0.25) is 0 Å². The molecule has 2 rings (SSSR count). The normalized spacial score (nSPS) is 10.2. The van der Waals surface area contributed by atoms with Gasteiger partial charge in [0.1, 0.15) is 0 Å². The van der Waals surface area contributed by atoms with E-state index in [9.17, 15) is 0 Å². The van der Waals surface area contributed by atoms with E-state index in [1.54, 1.807) is 12.1 Å². The van der Waals surface area contributed by atoms with Crippen LogP contribution in [0.4, 0.5) is 11.4 Å². The maximum atomic E-state index is 6.07. The highest BCUT2D eigenvalue weighted by Gasteiger charge is 2.06. The van der Waals surface area contributed by atoms with Gasteiger partial charge in [0.25, 0.3) is 0 Å². The average molecular weight is 317 g/mol. The first-order valence-corrected chi connectivity index (χ1v) is 6.19. The molecule has 0 amide bonds. The Hall–Kier alpha value is -0.700. The van der Waals surface area contributed by atoms with E-state index in [1.165, 1.54) is 0 Å². The monoisotopic (exact) mass is 315 g/mol. The Bertz CT molecular complexity index is 494. The van der Waals surface area contributed by atoms with Gasteiger partial charge >= 0.3 is 0 Å². The molecule has 1 N–H and O–H groups in total. The van der Waals surface area contributed by atoms with E-state index in [-0.39, 0.29) is 0 Å². The quantitative estimate of drug-likeness (QED) is 0.771. The van der Waals surface area contributed by atoms with Crippen molar-refractivity contribution in [3.63, 3.8) is 0 Å². The van der Waals surface area contributed by atoms with Crippen molar-refractivity contribution in [2.45, 2.75) is 0 Å². The zero-order chi connectivity index (χ0) is 11.5. The molecule has 2 aromatic carbocycles. The fraction of sp³-hybridized carbons (Fsp3) is 0. The van der Waals surface area contributed by atoms with E-state index < -0.39 is 0 Å². The van der Waals surface area contributed by atoms with Crippen LogP contribution in [-0.2, 0) is 0 Å². The van der Waals surface area contributed by atoms with Crippen molar-refractivity contribution < 1.29 is 0 Å². The lowest BCUT2D eigenvalue weighted by Crippen LogP contribution is -1.92. The number of benzene rings is 2. The second-order valence-electron chi connectivity index (χ2n) is 3.20. The summed E-state index contributed by atoms with van der Waals surface area (Å²) in [5, 5.41) is 4.40. The SMILES string of the molecule is Clc1cccc(Cl)c1Nc1ccccc1Br. The molecule has 0 spiro atoms. The molecule has 2 aromatic rings. The zero-order valence-corrected chi connectivity index (χ0v) is 11.3. The van der Waals surface area contributed by atoms with Gasteiger partial charge in [-0.2, -0.15) is 0 Å². The molecular formula is C12H8BrCl2N. The Balaban J connectivity index is 2.38. The third kappa shape index (κ3) is 2.51. The van der Waals surface area contributed by atoms with Gasteiger partial charge in [0.05, 0.1) is 21.4 Å². The number of nitrogens with one attached hydrogen (secondary N) is 1. The van der Waals surface area contributed by atoms with Crippen molar-refractivity contribution in [2.24, 2.45) is 0 Å². The summed E-state index contributed by atoms with van der Waals surface area (Å²) in [5.41, 5.74) is 1.65. The van der Waals surface area contributed by atoms with Crippen molar-refractivity contribution >= 4 is 50.5 Å². The van der Waals surface area contributed by atoms with E-state index in [4.69, 9.17) is 23.2 Å². The highest BCUT2D eigenvalue weighted by molar-refractivity contribution is 9.10. The standard InChI is InChI=1S/C12H8BrCl2N/c13-8-4-1-2-7-11(8)16-12-9(14)5-3-6-10(12)15/h1-7,16H. The number of hydrogen-bond donors (Lipinski definition) is 1. The third-order valence-electron chi connectivity index (χ3n) is 2.10. The number of hydrogen-bond acceptors (Lipinski definition) is 1. The summed E-state index contributed by atoms with van der Waals surface area (Å²) in [4.78, 5) is 0. The second-order valence-corrected chi connectivity index (χ2v) is 4.87. The Kier molecular flexibility index (Phi) is 3.74. The van der Waals surface area contributed by atoms with Crippen LogP contribution >= 0.6 is 39.1 Å². The molecule has 0 saturated heterocycles. The summed E-state index contributed by atoms with van der Waals surface area (Å²) in [6, 6.07) is 13.2. The van der Waals surface area contributed by atoms with E-state index in [2.05, 4.69) is 21.2 Å². The summed E-state index contributed by atoms with van der Waals surface area (Å²) in [5.74, 6) is 0. The number of rotatable bonds is 2. The van der Waals surface area contributed by atoms with E-state index in [0.717, 1.165) is 15.8 Å². The van der Waals surface area contributed by atoms with Crippen LogP contribution < -0.4 is 5.32 Å². The smallest absolute Gasteiger partial charge is 0.0763 e. The van der Waals surface area contributed by atoms with Crippen molar-refractivity contribution in [3.8, 4) is 0 Å². The summed E-state index contributed by atoms with van der Waals surface area (Å²) in [6.45, 7) is 0. The van der Waals surface area contributed by atoms with Crippen molar-refractivity contribution in [3.05, 3.63) is 57.0 Å². The molecule has 16 heavy (non-hydrogen) atoms. The summed E-state index contributed by atoms with van der Waals surface area (Å²) in [6.07, 6.45) is 0. The molecular weight excluding hydrogens is 309 g/mol. The van der Waals surface area contributed by atoms with Crippen LogP contribution in [0.15, 0.2) is 46.9 Å². The second kappa shape index (κ2) is 5.09.